The zero-order chi connectivity index (χ0) is 13.8. The maximum atomic E-state index is 12.1. The van der Waals surface area contributed by atoms with Crippen molar-refractivity contribution in [1.82, 2.24) is 15.5 Å². The van der Waals surface area contributed by atoms with Gasteiger partial charge in [0.2, 0.25) is 11.8 Å². The van der Waals surface area contributed by atoms with Crippen LogP contribution in [0.2, 0.25) is 0 Å². The van der Waals surface area contributed by atoms with Gasteiger partial charge in [0.15, 0.2) is 0 Å². The second kappa shape index (κ2) is 5.75. The first-order valence-electron chi connectivity index (χ1n) is 5.66. The third-order valence-corrected chi connectivity index (χ3v) is 2.55. The van der Waals surface area contributed by atoms with Gasteiger partial charge in [-0.3, -0.25) is 0 Å². The highest BCUT2D eigenvalue weighted by Crippen LogP contribution is 2.25. The Bertz CT molecular complexity index is 545. The monoisotopic (exact) mass is 269 g/mol. The second-order valence-corrected chi connectivity index (χ2v) is 3.86. The van der Waals surface area contributed by atoms with E-state index in [0.29, 0.717) is 11.5 Å². The summed E-state index contributed by atoms with van der Waals surface area (Å²) in [7, 11) is 1.77. The molecule has 19 heavy (non-hydrogen) atoms. The number of hydrogen-bond donors (Lipinski definition) is 1. The molecule has 1 atom stereocenters. The summed E-state index contributed by atoms with van der Waals surface area (Å²) >= 11 is 0. The molecule has 5 nitrogen and oxygen atoms in total. The van der Waals surface area contributed by atoms with E-state index >= 15 is 0 Å². The van der Waals surface area contributed by atoms with Gasteiger partial charge in [-0.05, 0) is 32.2 Å². The van der Waals surface area contributed by atoms with E-state index in [1.165, 1.54) is 12.1 Å². The number of benzene rings is 1. The van der Waals surface area contributed by atoms with Crippen molar-refractivity contribution in [2.45, 2.75) is 19.6 Å². The van der Waals surface area contributed by atoms with Crippen LogP contribution in [-0.4, -0.2) is 23.9 Å². The van der Waals surface area contributed by atoms with Gasteiger partial charge in [-0.1, -0.05) is 6.07 Å². The molecule has 2 rings (SSSR count). The van der Waals surface area contributed by atoms with Crippen LogP contribution in [0.5, 0.6) is 5.75 Å². The molecule has 2 aromatic rings. The van der Waals surface area contributed by atoms with E-state index in [1.54, 1.807) is 19.2 Å². The maximum Gasteiger partial charge on any atom is 0.387 e. The summed E-state index contributed by atoms with van der Waals surface area (Å²) in [5.41, 5.74) is 0.528. The Kier molecular flexibility index (Phi) is 4.06. The molecule has 0 amide bonds. The van der Waals surface area contributed by atoms with Crippen LogP contribution in [-0.2, 0) is 0 Å². The highest BCUT2D eigenvalue weighted by molar-refractivity contribution is 5.55. The summed E-state index contributed by atoms with van der Waals surface area (Å²) in [4.78, 5) is 0. The van der Waals surface area contributed by atoms with Crippen LogP contribution in [0.3, 0.4) is 0 Å². The van der Waals surface area contributed by atoms with E-state index < -0.39 is 6.61 Å². The van der Waals surface area contributed by atoms with E-state index in [2.05, 4.69) is 20.3 Å². The lowest BCUT2D eigenvalue weighted by molar-refractivity contribution is -0.0498. The third-order valence-electron chi connectivity index (χ3n) is 2.55. The molecule has 102 valence electrons. The maximum absolute atomic E-state index is 12.1. The Morgan fingerprint density at radius 3 is 2.79 bits per heavy atom. The first-order valence-corrected chi connectivity index (χ1v) is 5.66. The van der Waals surface area contributed by atoms with Crippen molar-refractivity contribution >= 4 is 0 Å². The van der Waals surface area contributed by atoms with E-state index in [-0.39, 0.29) is 17.7 Å². The van der Waals surface area contributed by atoms with E-state index in [4.69, 9.17) is 4.42 Å². The number of hydrogen-bond acceptors (Lipinski definition) is 5. The molecule has 1 unspecified atom stereocenters. The van der Waals surface area contributed by atoms with Gasteiger partial charge >= 0.3 is 6.61 Å². The molecule has 1 aromatic heterocycles. The molecule has 7 heteroatoms. The van der Waals surface area contributed by atoms with Crippen LogP contribution in [0.25, 0.3) is 11.5 Å². The van der Waals surface area contributed by atoms with Crippen LogP contribution in [0.4, 0.5) is 8.78 Å². The molecule has 0 saturated carbocycles. The SMILES string of the molecule is CNC(C)c1nnc(-c2cccc(OC(F)F)c2)o1. The van der Waals surface area contributed by atoms with Crippen LogP contribution in [0.15, 0.2) is 28.7 Å². The molecule has 0 aliphatic carbocycles. The minimum Gasteiger partial charge on any atom is -0.435 e. The van der Waals surface area contributed by atoms with Crippen molar-refractivity contribution in [2.75, 3.05) is 7.05 Å². The van der Waals surface area contributed by atoms with Crippen LogP contribution in [0.1, 0.15) is 18.9 Å². The van der Waals surface area contributed by atoms with Crippen molar-refractivity contribution in [3.63, 3.8) is 0 Å². The highest BCUT2D eigenvalue weighted by atomic mass is 19.3. The Balaban J connectivity index is 2.24. The number of ether oxygens (including phenoxy) is 1. The summed E-state index contributed by atoms with van der Waals surface area (Å²) in [5, 5.41) is 10.7. The lowest BCUT2D eigenvalue weighted by atomic mass is 10.2. The normalized spacial score (nSPS) is 12.7. The average molecular weight is 269 g/mol. The second-order valence-electron chi connectivity index (χ2n) is 3.86. The van der Waals surface area contributed by atoms with E-state index in [1.807, 2.05) is 6.92 Å². The third kappa shape index (κ3) is 3.25. The summed E-state index contributed by atoms with van der Waals surface area (Å²) in [5.74, 6) is 0.739. The quantitative estimate of drug-likeness (QED) is 0.904. The van der Waals surface area contributed by atoms with Crippen molar-refractivity contribution in [3.05, 3.63) is 30.2 Å². The Morgan fingerprint density at radius 2 is 2.11 bits per heavy atom. The number of halogens is 2. The Labute approximate surface area is 108 Å². The van der Waals surface area contributed by atoms with E-state index in [0.717, 1.165) is 0 Å². The van der Waals surface area contributed by atoms with Crippen LogP contribution in [0, 0.1) is 0 Å². The molecule has 0 spiro atoms. The zero-order valence-electron chi connectivity index (χ0n) is 10.4. The van der Waals surface area contributed by atoms with Gasteiger partial charge in [-0.15, -0.1) is 10.2 Å². The number of aromatic nitrogens is 2. The average Bonchev–Trinajstić information content (AvgIpc) is 2.87. The zero-order valence-corrected chi connectivity index (χ0v) is 10.4. The van der Waals surface area contributed by atoms with Gasteiger partial charge in [0.25, 0.3) is 0 Å². The summed E-state index contributed by atoms with van der Waals surface area (Å²) in [6.45, 7) is -0.994. The topological polar surface area (TPSA) is 60.2 Å². The van der Waals surface area contributed by atoms with E-state index in [9.17, 15) is 8.78 Å². The molecular formula is C12H13F2N3O2. The summed E-state index contributed by atoms with van der Waals surface area (Å²) in [6.07, 6.45) is 0. The molecule has 0 aliphatic rings. The van der Waals surface area contributed by atoms with Crippen molar-refractivity contribution in [3.8, 4) is 17.2 Å². The van der Waals surface area contributed by atoms with Gasteiger partial charge in [-0.2, -0.15) is 8.78 Å². The minimum atomic E-state index is -2.86. The number of nitrogens with one attached hydrogen (secondary N) is 1. The molecule has 1 N–H and O–H groups in total. The molecule has 0 bridgehead atoms. The molecule has 0 saturated heterocycles. The smallest absolute Gasteiger partial charge is 0.387 e. The van der Waals surface area contributed by atoms with Gasteiger partial charge in [-0.25, -0.2) is 0 Å². The fourth-order valence-corrected chi connectivity index (χ4v) is 1.46. The standard InChI is InChI=1S/C12H13F2N3O2/c1-7(15-2)10-16-17-11(19-10)8-4-3-5-9(6-8)18-12(13)14/h3-7,12,15H,1-2H3. The highest BCUT2D eigenvalue weighted by Gasteiger charge is 2.14. The Morgan fingerprint density at radius 1 is 1.32 bits per heavy atom. The van der Waals surface area contributed by atoms with Gasteiger partial charge in [0.1, 0.15) is 5.75 Å². The molecule has 1 heterocycles. The summed E-state index contributed by atoms with van der Waals surface area (Å²) < 4.78 is 34.0. The number of rotatable bonds is 5. The van der Waals surface area contributed by atoms with Crippen molar-refractivity contribution in [2.24, 2.45) is 0 Å². The predicted molar refractivity (Wildman–Crippen MR) is 63.8 cm³/mol. The van der Waals surface area contributed by atoms with Gasteiger partial charge < -0.3 is 14.5 Å². The lowest BCUT2D eigenvalue weighted by Crippen LogP contribution is -2.12. The molecular weight excluding hydrogens is 256 g/mol. The first-order chi connectivity index (χ1) is 9.10. The van der Waals surface area contributed by atoms with Crippen LogP contribution < -0.4 is 10.1 Å². The molecule has 0 fully saturated rings. The predicted octanol–water partition coefficient (Wildman–Crippen LogP) is 2.62. The Hall–Kier alpha value is -2.02. The summed E-state index contributed by atoms with van der Waals surface area (Å²) in [6, 6.07) is 6.04. The molecule has 0 aliphatic heterocycles. The fraction of sp³-hybridized carbons (Fsp3) is 0.333. The van der Waals surface area contributed by atoms with Crippen molar-refractivity contribution < 1.29 is 17.9 Å². The largest absolute Gasteiger partial charge is 0.435 e. The van der Waals surface area contributed by atoms with Gasteiger partial charge in [0, 0.05) is 5.56 Å². The lowest BCUT2D eigenvalue weighted by Gasteiger charge is -2.05. The minimum absolute atomic E-state index is 0.0499. The molecule has 0 radical (unpaired) electrons. The number of alkyl halides is 2. The van der Waals surface area contributed by atoms with Crippen LogP contribution >= 0.6 is 0 Å². The number of nitrogens with zero attached hydrogens (tertiary/aromatic N) is 2. The fourth-order valence-electron chi connectivity index (χ4n) is 1.46. The van der Waals surface area contributed by atoms with Crippen molar-refractivity contribution in [1.29, 1.82) is 0 Å². The van der Waals surface area contributed by atoms with Gasteiger partial charge in [0.05, 0.1) is 6.04 Å². The molecule has 1 aromatic carbocycles. The first kappa shape index (κ1) is 13.4.